The zero-order chi connectivity index (χ0) is 13.1. The van der Waals surface area contributed by atoms with Gasteiger partial charge in [0.05, 0.1) is 5.56 Å². The minimum absolute atomic E-state index is 0.274. The zero-order valence-corrected chi connectivity index (χ0v) is 11.0. The second-order valence-electron chi connectivity index (χ2n) is 5.74. The molecular formula is C14H21NO2. The van der Waals surface area contributed by atoms with Crippen LogP contribution in [0, 0.1) is 5.41 Å². The summed E-state index contributed by atoms with van der Waals surface area (Å²) in [6, 6.07) is 7.07. The molecule has 0 radical (unpaired) electrons. The minimum Gasteiger partial charge on any atom is -0.478 e. The van der Waals surface area contributed by atoms with Crippen LogP contribution in [0.3, 0.4) is 0 Å². The molecule has 0 saturated heterocycles. The molecule has 3 nitrogen and oxygen atoms in total. The Kier molecular flexibility index (Phi) is 4.29. The van der Waals surface area contributed by atoms with E-state index in [0.717, 1.165) is 18.7 Å². The highest BCUT2D eigenvalue weighted by Crippen LogP contribution is 2.16. The van der Waals surface area contributed by atoms with Crippen molar-refractivity contribution in [3.8, 4) is 0 Å². The Morgan fingerprint density at radius 3 is 2.18 bits per heavy atom. The van der Waals surface area contributed by atoms with Crippen LogP contribution in [0.2, 0.25) is 0 Å². The molecule has 0 bridgehead atoms. The third-order valence-corrected chi connectivity index (χ3v) is 2.40. The number of nitrogens with zero attached hydrogens (tertiary/aromatic N) is 1. The van der Waals surface area contributed by atoms with Crippen LogP contribution in [0.4, 0.5) is 0 Å². The van der Waals surface area contributed by atoms with E-state index in [-0.39, 0.29) is 5.41 Å². The topological polar surface area (TPSA) is 40.5 Å². The summed E-state index contributed by atoms with van der Waals surface area (Å²) in [5.74, 6) is -0.875. The number of carboxylic acid groups (broad SMARTS) is 1. The lowest BCUT2D eigenvalue weighted by Gasteiger charge is -2.26. The highest BCUT2D eigenvalue weighted by Gasteiger charge is 2.13. The molecule has 1 aromatic rings. The average Bonchev–Trinajstić information content (AvgIpc) is 2.15. The maximum atomic E-state index is 10.7. The minimum atomic E-state index is -0.875. The third-order valence-electron chi connectivity index (χ3n) is 2.40. The smallest absolute Gasteiger partial charge is 0.335 e. The summed E-state index contributed by atoms with van der Waals surface area (Å²) in [5.41, 5.74) is 1.75. The predicted octanol–water partition coefficient (Wildman–Crippen LogP) is 2.86. The number of hydrogen-bond donors (Lipinski definition) is 1. The SMILES string of the molecule is CN(Cc1ccc(C(=O)O)cc1)CC(C)(C)C. The highest BCUT2D eigenvalue weighted by molar-refractivity contribution is 5.87. The van der Waals surface area contributed by atoms with E-state index < -0.39 is 5.97 Å². The normalized spacial score (nSPS) is 11.8. The quantitative estimate of drug-likeness (QED) is 0.872. The lowest BCUT2D eigenvalue weighted by Crippen LogP contribution is -2.28. The summed E-state index contributed by atoms with van der Waals surface area (Å²) in [6.07, 6.45) is 0. The monoisotopic (exact) mass is 235 g/mol. The molecule has 0 aliphatic heterocycles. The van der Waals surface area contributed by atoms with Crippen molar-refractivity contribution in [3.63, 3.8) is 0 Å². The fourth-order valence-corrected chi connectivity index (χ4v) is 1.93. The Hall–Kier alpha value is -1.35. The van der Waals surface area contributed by atoms with Crippen molar-refractivity contribution in [1.82, 2.24) is 4.90 Å². The van der Waals surface area contributed by atoms with E-state index in [1.165, 1.54) is 0 Å². The molecule has 0 aliphatic rings. The van der Waals surface area contributed by atoms with Gasteiger partial charge in [0.25, 0.3) is 0 Å². The van der Waals surface area contributed by atoms with E-state index in [9.17, 15) is 4.79 Å². The van der Waals surface area contributed by atoms with Gasteiger partial charge >= 0.3 is 5.97 Å². The third kappa shape index (κ3) is 5.00. The Bertz CT molecular complexity index is 376. The van der Waals surface area contributed by atoms with Crippen molar-refractivity contribution >= 4 is 5.97 Å². The Morgan fingerprint density at radius 1 is 1.24 bits per heavy atom. The standard InChI is InChI=1S/C14H21NO2/c1-14(2,3)10-15(4)9-11-5-7-12(8-6-11)13(16)17/h5-8H,9-10H2,1-4H3,(H,16,17). The molecule has 0 fully saturated rings. The van der Waals surface area contributed by atoms with Crippen molar-refractivity contribution in [1.29, 1.82) is 0 Å². The first-order chi connectivity index (χ1) is 7.78. The van der Waals surface area contributed by atoms with Crippen LogP contribution in [0.5, 0.6) is 0 Å². The number of carboxylic acids is 1. The van der Waals surface area contributed by atoms with Gasteiger partial charge in [-0.25, -0.2) is 4.79 Å². The second kappa shape index (κ2) is 5.32. The predicted molar refractivity (Wildman–Crippen MR) is 69.2 cm³/mol. The van der Waals surface area contributed by atoms with Gasteiger partial charge in [0.15, 0.2) is 0 Å². The van der Waals surface area contributed by atoms with Crippen LogP contribution in [0.25, 0.3) is 0 Å². The maximum Gasteiger partial charge on any atom is 0.335 e. The van der Waals surface area contributed by atoms with Crippen molar-refractivity contribution < 1.29 is 9.90 Å². The lowest BCUT2D eigenvalue weighted by molar-refractivity contribution is 0.0697. The van der Waals surface area contributed by atoms with Gasteiger partial charge in [0.2, 0.25) is 0 Å². The number of aromatic carboxylic acids is 1. The molecule has 0 unspecified atom stereocenters. The van der Waals surface area contributed by atoms with E-state index in [1.807, 2.05) is 12.1 Å². The number of hydrogen-bond acceptors (Lipinski definition) is 2. The Balaban J connectivity index is 2.60. The summed E-state index contributed by atoms with van der Waals surface area (Å²) in [4.78, 5) is 13.0. The van der Waals surface area contributed by atoms with Crippen LogP contribution < -0.4 is 0 Å². The van der Waals surface area contributed by atoms with Crippen LogP contribution in [-0.4, -0.2) is 29.6 Å². The van der Waals surface area contributed by atoms with Gasteiger partial charge in [0.1, 0.15) is 0 Å². The molecule has 1 N–H and O–H groups in total. The fourth-order valence-electron chi connectivity index (χ4n) is 1.93. The zero-order valence-electron chi connectivity index (χ0n) is 11.0. The van der Waals surface area contributed by atoms with Gasteiger partial charge in [-0.15, -0.1) is 0 Å². The van der Waals surface area contributed by atoms with E-state index in [2.05, 4.69) is 32.7 Å². The summed E-state index contributed by atoms with van der Waals surface area (Å²) >= 11 is 0. The van der Waals surface area contributed by atoms with Gasteiger partial charge < -0.3 is 10.0 Å². The van der Waals surface area contributed by atoms with Crippen LogP contribution in [0.15, 0.2) is 24.3 Å². The Labute approximate surface area is 103 Å². The number of rotatable bonds is 4. The summed E-state index contributed by atoms with van der Waals surface area (Å²) in [5, 5.41) is 8.80. The molecule has 0 aliphatic carbocycles. The summed E-state index contributed by atoms with van der Waals surface area (Å²) in [7, 11) is 2.08. The molecule has 0 atom stereocenters. The molecule has 1 aromatic carbocycles. The molecule has 0 saturated carbocycles. The number of benzene rings is 1. The molecular weight excluding hydrogens is 214 g/mol. The van der Waals surface area contributed by atoms with Crippen molar-refractivity contribution in [3.05, 3.63) is 35.4 Å². The van der Waals surface area contributed by atoms with E-state index in [1.54, 1.807) is 12.1 Å². The summed E-state index contributed by atoms with van der Waals surface area (Å²) in [6.45, 7) is 8.47. The largest absolute Gasteiger partial charge is 0.478 e. The molecule has 3 heteroatoms. The fraction of sp³-hybridized carbons (Fsp3) is 0.500. The van der Waals surface area contributed by atoms with E-state index >= 15 is 0 Å². The molecule has 94 valence electrons. The van der Waals surface area contributed by atoms with Gasteiger partial charge in [-0.3, -0.25) is 0 Å². The maximum absolute atomic E-state index is 10.7. The van der Waals surface area contributed by atoms with Gasteiger partial charge in [-0.2, -0.15) is 0 Å². The molecule has 0 amide bonds. The molecule has 1 rings (SSSR count). The van der Waals surface area contributed by atoms with Gasteiger partial charge in [-0.05, 0) is 30.2 Å². The van der Waals surface area contributed by atoms with Gasteiger partial charge in [-0.1, -0.05) is 32.9 Å². The molecule has 0 heterocycles. The van der Waals surface area contributed by atoms with E-state index in [4.69, 9.17) is 5.11 Å². The summed E-state index contributed by atoms with van der Waals surface area (Å²) < 4.78 is 0. The number of carbonyl (C=O) groups is 1. The first kappa shape index (κ1) is 13.7. The van der Waals surface area contributed by atoms with E-state index in [0.29, 0.717) is 5.56 Å². The second-order valence-corrected chi connectivity index (χ2v) is 5.74. The molecule has 0 aromatic heterocycles. The van der Waals surface area contributed by atoms with Crippen molar-refractivity contribution in [2.45, 2.75) is 27.3 Å². The first-order valence-electron chi connectivity index (χ1n) is 5.79. The highest BCUT2D eigenvalue weighted by atomic mass is 16.4. The van der Waals surface area contributed by atoms with Gasteiger partial charge in [0, 0.05) is 13.1 Å². The van der Waals surface area contributed by atoms with Crippen LogP contribution in [0.1, 0.15) is 36.7 Å². The first-order valence-corrected chi connectivity index (χ1v) is 5.79. The molecule has 17 heavy (non-hydrogen) atoms. The van der Waals surface area contributed by atoms with Crippen molar-refractivity contribution in [2.75, 3.05) is 13.6 Å². The van der Waals surface area contributed by atoms with Crippen LogP contribution in [-0.2, 0) is 6.54 Å². The average molecular weight is 235 g/mol. The molecule has 0 spiro atoms. The lowest BCUT2D eigenvalue weighted by atomic mass is 9.96. The Morgan fingerprint density at radius 2 is 1.76 bits per heavy atom. The van der Waals surface area contributed by atoms with Crippen molar-refractivity contribution in [2.24, 2.45) is 5.41 Å². The van der Waals surface area contributed by atoms with Crippen LogP contribution >= 0.6 is 0 Å².